The van der Waals surface area contributed by atoms with Crippen LogP contribution in [0.15, 0.2) is 23.1 Å². The molecule has 1 aromatic rings. The fraction of sp³-hybridized carbons (Fsp3) is 0.533. The average molecular weight is 342 g/mol. The van der Waals surface area contributed by atoms with Gasteiger partial charge in [0.1, 0.15) is 10.6 Å². The van der Waals surface area contributed by atoms with Crippen LogP contribution in [0.5, 0.6) is 5.75 Å². The van der Waals surface area contributed by atoms with E-state index < -0.39 is 10.0 Å². The number of hydrogen-bond acceptors (Lipinski definition) is 5. The quantitative estimate of drug-likeness (QED) is 0.768. The van der Waals surface area contributed by atoms with E-state index >= 15 is 0 Å². The van der Waals surface area contributed by atoms with Crippen molar-refractivity contribution >= 4 is 15.9 Å². The summed E-state index contributed by atoms with van der Waals surface area (Å²) in [5.74, 6) is -0.141. The first-order valence-electron chi connectivity index (χ1n) is 7.55. The molecule has 1 aliphatic rings. The van der Waals surface area contributed by atoms with E-state index in [-0.39, 0.29) is 34.8 Å². The van der Waals surface area contributed by atoms with Gasteiger partial charge in [0.25, 0.3) is 5.91 Å². The van der Waals surface area contributed by atoms with Crippen LogP contribution in [0.25, 0.3) is 0 Å². The minimum Gasteiger partial charge on any atom is -0.495 e. The fourth-order valence-electron chi connectivity index (χ4n) is 2.41. The third kappa shape index (κ3) is 4.43. The van der Waals surface area contributed by atoms with Crippen molar-refractivity contribution < 1.29 is 22.7 Å². The number of rotatable bonds is 7. The molecule has 0 aromatic heterocycles. The second-order valence-corrected chi connectivity index (χ2v) is 6.95. The molecule has 1 aromatic carbocycles. The Labute approximate surface area is 136 Å². The topological polar surface area (TPSA) is 93.7 Å². The molecule has 1 aliphatic heterocycles. The molecule has 0 radical (unpaired) electrons. The first-order chi connectivity index (χ1) is 11.0. The monoisotopic (exact) mass is 342 g/mol. The van der Waals surface area contributed by atoms with Gasteiger partial charge in [0, 0.05) is 25.3 Å². The lowest BCUT2D eigenvalue weighted by Gasteiger charge is -2.13. The second-order valence-electron chi connectivity index (χ2n) is 5.21. The van der Waals surface area contributed by atoms with Crippen molar-refractivity contribution in [2.75, 3.05) is 26.8 Å². The standard InChI is InChI=1S/C15H22N2O5S/c1-3-17-23(19,20)14-9-11(6-7-13(14)21-2)15(18)16-10-12-5-4-8-22-12/h6-7,9,12,17H,3-5,8,10H2,1-2H3,(H,16,18)/t12-/m0/s1. The fourth-order valence-corrected chi connectivity index (χ4v) is 3.64. The first-order valence-corrected chi connectivity index (χ1v) is 9.03. The highest BCUT2D eigenvalue weighted by Crippen LogP contribution is 2.24. The number of amides is 1. The first kappa shape index (κ1) is 17.7. The Hall–Kier alpha value is -1.64. The number of carbonyl (C=O) groups is 1. The van der Waals surface area contributed by atoms with Crippen LogP contribution < -0.4 is 14.8 Å². The molecule has 2 rings (SSSR count). The molecule has 7 nitrogen and oxygen atoms in total. The summed E-state index contributed by atoms with van der Waals surface area (Å²) in [6, 6.07) is 4.33. The predicted molar refractivity (Wildman–Crippen MR) is 85.2 cm³/mol. The van der Waals surface area contributed by atoms with Crippen LogP contribution in [-0.4, -0.2) is 47.2 Å². The summed E-state index contributed by atoms with van der Waals surface area (Å²) in [6.45, 7) is 3.07. The van der Waals surface area contributed by atoms with E-state index in [9.17, 15) is 13.2 Å². The average Bonchev–Trinajstić information content (AvgIpc) is 3.05. The SMILES string of the molecule is CCNS(=O)(=O)c1cc(C(=O)NC[C@@H]2CCCO2)ccc1OC. The molecule has 0 spiro atoms. The van der Waals surface area contributed by atoms with Crippen LogP contribution in [0, 0.1) is 0 Å². The zero-order valence-corrected chi connectivity index (χ0v) is 14.1. The smallest absolute Gasteiger partial charge is 0.251 e. The van der Waals surface area contributed by atoms with E-state index in [4.69, 9.17) is 9.47 Å². The lowest BCUT2D eigenvalue weighted by molar-refractivity contribution is 0.0857. The highest BCUT2D eigenvalue weighted by atomic mass is 32.2. The van der Waals surface area contributed by atoms with Crippen molar-refractivity contribution in [1.82, 2.24) is 10.0 Å². The maximum atomic E-state index is 12.2. The third-order valence-electron chi connectivity index (χ3n) is 3.56. The summed E-state index contributed by atoms with van der Waals surface area (Å²) in [5.41, 5.74) is 0.264. The zero-order chi connectivity index (χ0) is 16.9. The lowest BCUT2D eigenvalue weighted by Crippen LogP contribution is -2.32. The largest absolute Gasteiger partial charge is 0.495 e. The van der Waals surface area contributed by atoms with Gasteiger partial charge in [-0.15, -0.1) is 0 Å². The van der Waals surface area contributed by atoms with Gasteiger partial charge in [0.2, 0.25) is 10.0 Å². The van der Waals surface area contributed by atoms with E-state index in [1.807, 2.05) is 0 Å². The molecule has 1 fully saturated rings. The molecular formula is C15H22N2O5S. The molecule has 0 saturated carbocycles. The van der Waals surface area contributed by atoms with Crippen molar-refractivity contribution in [3.63, 3.8) is 0 Å². The summed E-state index contributed by atoms with van der Waals surface area (Å²) < 4.78 is 37.3. The van der Waals surface area contributed by atoms with Crippen LogP contribution in [0.2, 0.25) is 0 Å². The number of hydrogen-bond donors (Lipinski definition) is 2. The molecule has 1 heterocycles. The minimum absolute atomic E-state index is 0.0298. The van der Waals surface area contributed by atoms with Gasteiger partial charge in [-0.2, -0.15) is 0 Å². The number of ether oxygens (including phenoxy) is 2. The van der Waals surface area contributed by atoms with Crippen LogP contribution in [0.3, 0.4) is 0 Å². The number of methoxy groups -OCH3 is 1. The molecule has 8 heteroatoms. The van der Waals surface area contributed by atoms with Crippen LogP contribution in [0.1, 0.15) is 30.1 Å². The number of benzene rings is 1. The molecule has 23 heavy (non-hydrogen) atoms. The minimum atomic E-state index is -3.72. The maximum Gasteiger partial charge on any atom is 0.251 e. The van der Waals surface area contributed by atoms with Crippen molar-refractivity contribution in [3.8, 4) is 5.75 Å². The van der Waals surface area contributed by atoms with Gasteiger partial charge < -0.3 is 14.8 Å². The lowest BCUT2D eigenvalue weighted by atomic mass is 10.2. The van der Waals surface area contributed by atoms with Gasteiger partial charge in [-0.3, -0.25) is 4.79 Å². The van der Waals surface area contributed by atoms with E-state index in [0.717, 1.165) is 12.8 Å². The molecule has 1 atom stereocenters. The molecule has 0 unspecified atom stereocenters. The van der Waals surface area contributed by atoms with Crippen LogP contribution in [-0.2, 0) is 14.8 Å². The van der Waals surface area contributed by atoms with Gasteiger partial charge in [0.05, 0.1) is 13.2 Å². The molecule has 1 amide bonds. The Morgan fingerprint density at radius 2 is 2.22 bits per heavy atom. The summed E-state index contributed by atoms with van der Waals surface area (Å²) in [6.07, 6.45) is 1.94. The Morgan fingerprint density at radius 1 is 1.43 bits per heavy atom. The highest BCUT2D eigenvalue weighted by molar-refractivity contribution is 7.89. The molecular weight excluding hydrogens is 320 g/mol. The Bertz CT molecular complexity index is 654. The zero-order valence-electron chi connectivity index (χ0n) is 13.3. The van der Waals surface area contributed by atoms with Crippen molar-refractivity contribution in [2.24, 2.45) is 0 Å². The molecule has 128 valence electrons. The maximum absolute atomic E-state index is 12.2. The van der Waals surface area contributed by atoms with E-state index in [2.05, 4.69) is 10.0 Å². The van der Waals surface area contributed by atoms with E-state index in [0.29, 0.717) is 13.2 Å². The Kier molecular flexibility index (Phi) is 5.97. The number of nitrogens with one attached hydrogen (secondary N) is 2. The number of sulfonamides is 1. The summed E-state index contributed by atoms with van der Waals surface area (Å²) >= 11 is 0. The summed E-state index contributed by atoms with van der Waals surface area (Å²) in [5, 5.41) is 2.77. The van der Waals surface area contributed by atoms with Gasteiger partial charge in [-0.1, -0.05) is 6.92 Å². The van der Waals surface area contributed by atoms with Gasteiger partial charge in [0.15, 0.2) is 0 Å². The predicted octanol–water partition coefficient (Wildman–Crippen LogP) is 0.902. The van der Waals surface area contributed by atoms with Crippen molar-refractivity contribution in [1.29, 1.82) is 0 Å². The highest BCUT2D eigenvalue weighted by Gasteiger charge is 2.22. The van der Waals surface area contributed by atoms with Crippen molar-refractivity contribution in [3.05, 3.63) is 23.8 Å². The van der Waals surface area contributed by atoms with E-state index in [1.165, 1.54) is 25.3 Å². The number of carbonyl (C=O) groups excluding carboxylic acids is 1. The van der Waals surface area contributed by atoms with Gasteiger partial charge >= 0.3 is 0 Å². The molecule has 0 aliphatic carbocycles. The van der Waals surface area contributed by atoms with Crippen molar-refractivity contribution in [2.45, 2.75) is 30.8 Å². The summed E-state index contributed by atoms with van der Waals surface area (Å²) in [4.78, 5) is 12.2. The van der Waals surface area contributed by atoms with Crippen LogP contribution in [0.4, 0.5) is 0 Å². The summed E-state index contributed by atoms with van der Waals surface area (Å²) in [7, 11) is -2.33. The molecule has 2 N–H and O–H groups in total. The third-order valence-corrected chi connectivity index (χ3v) is 5.13. The normalized spacial score (nSPS) is 17.9. The molecule has 0 bridgehead atoms. The second kappa shape index (κ2) is 7.76. The Balaban J connectivity index is 2.17. The van der Waals surface area contributed by atoms with Gasteiger partial charge in [-0.05, 0) is 31.0 Å². The Morgan fingerprint density at radius 3 is 2.83 bits per heavy atom. The van der Waals surface area contributed by atoms with E-state index in [1.54, 1.807) is 6.92 Å². The van der Waals surface area contributed by atoms with Crippen LogP contribution >= 0.6 is 0 Å². The molecule has 1 saturated heterocycles. The van der Waals surface area contributed by atoms with Gasteiger partial charge in [-0.25, -0.2) is 13.1 Å².